The van der Waals surface area contributed by atoms with E-state index in [1.54, 1.807) is 0 Å². The van der Waals surface area contributed by atoms with Gasteiger partial charge >= 0.3 is 0 Å². The van der Waals surface area contributed by atoms with Gasteiger partial charge in [0.25, 0.3) is 0 Å². The van der Waals surface area contributed by atoms with Crippen molar-refractivity contribution in [2.75, 3.05) is 30.3 Å². The molecule has 0 saturated carbocycles. The van der Waals surface area contributed by atoms with Gasteiger partial charge in [0.05, 0.1) is 6.54 Å². The Balaban J connectivity index is 1.65. The van der Waals surface area contributed by atoms with Crippen LogP contribution in [0.5, 0.6) is 0 Å². The van der Waals surface area contributed by atoms with E-state index in [1.807, 2.05) is 53.4 Å². The van der Waals surface area contributed by atoms with E-state index in [-0.39, 0.29) is 5.91 Å². The Hall–Kier alpha value is -2.20. The average Bonchev–Trinajstić information content (AvgIpc) is 2.50. The highest BCUT2D eigenvalue weighted by molar-refractivity contribution is 6.30. The molecule has 4 nitrogen and oxygen atoms in total. The van der Waals surface area contributed by atoms with Crippen molar-refractivity contribution in [3.8, 4) is 0 Å². The maximum absolute atomic E-state index is 12.4. The van der Waals surface area contributed by atoms with Crippen molar-refractivity contribution < 1.29 is 4.79 Å². The van der Waals surface area contributed by atoms with Crippen LogP contribution < -0.4 is 10.6 Å². The lowest BCUT2D eigenvalue weighted by Gasteiger charge is -2.35. The summed E-state index contributed by atoms with van der Waals surface area (Å²) in [6.07, 6.45) is 0. The predicted molar refractivity (Wildman–Crippen MR) is 89.9 cm³/mol. The molecule has 2 N–H and O–H groups in total. The maximum atomic E-state index is 12.4. The number of piperazine rings is 1. The van der Waals surface area contributed by atoms with Gasteiger partial charge in [0.15, 0.2) is 0 Å². The van der Waals surface area contributed by atoms with Crippen molar-refractivity contribution in [2.24, 2.45) is 0 Å². The summed E-state index contributed by atoms with van der Waals surface area (Å²) >= 11 is 5.99. The van der Waals surface area contributed by atoms with Crippen LogP contribution in [0.25, 0.3) is 0 Å². The fraction of sp³-hybridized carbons (Fsp3) is 0.235. The molecule has 2 aromatic carbocycles. The number of anilines is 2. The Morgan fingerprint density at radius 2 is 1.86 bits per heavy atom. The number of carbonyl (C=O) groups excluding carboxylic acids is 1. The summed E-state index contributed by atoms with van der Waals surface area (Å²) < 4.78 is 0. The third-order valence-electron chi connectivity index (χ3n) is 3.84. The third kappa shape index (κ3) is 3.34. The Kier molecular flexibility index (Phi) is 4.20. The van der Waals surface area contributed by atoms with E-state index >= 15 is 0 Å². The van der Waals surface area contributed by atoms with Gasteiger partial charge in [0.1, 0.15) is 0 Å². The molecule has 114 valence electrons. The molecular weight excluding hydrogens is 298 g/mol. The molecule has 0 aliphatic carbocycles. The summed E-state index contributed by atoms with van der Waals surface area (Å²) in [5.41, 5.74) is 8.52. The van der Waals surface area contributed by atoms with Crippen LogP contribution in [-0.2, 0) is 11.3 Å². The van der Waals surface area contributed by atoms with Crippen LogP contribution in [0.3, 0.4) is 0 Å². The zero-order valence-corrected chi connectivity index (χ0v) is 13.0. The monoisotopic (exact) mass is 315 g/mol. The number of benzene rings is 2. The summed E-state index contributed by atoms with van der Waals surface area (Å²) in [5, 5.41) is 0.699. The smallest absolute Gasteiger partial charge is 0.242 e. The molecule has 5 heteroatoms. The molecule has 1 fully saturated rings. The lowest BCUT2D eigenvalue weighted by Crippen LogP contribution is -2.50. The molecule has 0 bridgehead atoms. The highest BCUT2D eigenvalue weighted by atomic mass is 35.5. The first-order chi connectivity index (χ1) is 10.6. The maximum Gasteiger partial charge on any atom is 0.242 e. The molecule has 1 aliphatic heterocycles. The Morgan fingerprint density at radius 1 is 1.09 bits per heavy atom. The van der Waals surface area contributed by atoms with Crippen molar-refractivity contribution in [1.82, 2.24) is 4.90 Å². The molecule has 1 amide bonds. The number of halogens is 1. The minimum Gasteiger partial charge on any atom is -0.399 e. The van der Waals surface area contributed by atoms with Crippen molar-refractivity contribution in [1.29, 1.82) is 0 Å². The lowest BCUT2D eigenvalue weighted by atomic mass is 10.2. The van der Waals surface area contributed by atoms with Gasteiger partial charge in [-0.15, -0.1) is 0 Å². The molecule has 1 saturated heterocycles. The molecule has 22 heavy (non-hydrogen) atoms. The van der Waals surface area contributed by atoms with Gasteiger partial charge in [-0.3, -0.25) is 4.79 Å². The number of amides is 1. The second-order valence-corrected chi connectivity index (χ2v) is 5.89. The number of rotatable bonds is 3. The Bertz CT molecular complexity index is 672. The minimum absolute atomic E-state index is 0.128. The molecule has 0 atom stereocenters. The normalized spacial score (nSPS) is 15.2. The zero-order valence-electron chi connectivity index (χ0n) is 12.2. The van der Waals surface area contributed by atoms with Crippen LogP contribution in [-0.4, -0.2) is 30.4 Å². The zero-order chi connectivity index (χ0) is 15.5. The quantitative estimate of drug-likeness (QED) is 0.886. The fourth-order valence-corrected chi connectivity index (χ4v) is 2.85. The van der Waals surface area contributed by atoms with Crippen LogP contribution in [0.2, 0.25) is 5.02 Å². The number of nitrogen functional groups attached to an aromatic ring is 1. The highest BCUT2D eigenvalue weighted by Gasteiger charge is 2.24. The van der Waals surface area contributed by atoms with E-state index < -0.39 is 0 Å². The summed E-state index contributed by atoms with van der Waals surface area (Å²) in [6.45, 7) is 2.52. The molecule has 0 aromatic heterocycles. The molecular formula is C17H18ClN3O. The van der Waals surface area contributed by atoms with Gasteiger partial charge in [-0.1, -0.05) is 23.7 Å². The van der Waals surface area contributed by atoms with Gasteiger partial charge in [-0.05, 0) is 42.0 Å². The summed E-state index contributed by atoms with van der Waals surface area (Å²) in [6, 6.07) is 15.3. The molecule has 0 spiro atoms. The Labute approximate surface area is 135 Å². The number of carbonyl (C=O) groups is 1. The minimum atomic E-state index is 0.128. The number of hydrogen-bond acceptors (Lipinski definition) is 3. The second-order valence-electron chi connectivity index (χ2n) is 5.46. The lowest BCUT2D eigenvalue weighted by molar-refractivity contribution is -0.131. The number of nitrogens with two attached hydrogens (primary N) is 1. The second kappa shape index (κ2) is 6.28. The topological polar surface area (TPSA) is 49.6 Å². The van der Waals surface area contributed by atoms with Gasteiger partial charge in [-0.2, -0.15) is 0 Å². The molecule has 2 aromatic rings. The third-order valence-corrected chi connectivity index (χ3v) is 4.07. The van der Waals surface area contributed by atoms with Crippen LogP contribution in [0, 0.1) is 0 Å². The summed E-state index contributed by atoms with van der Waals surface area (Å²) in [5.74, 6) is 0.128. The van der Waals surface area contributed by atoms with Gasteiger partial charge in [0.2, 0.25) is 5.91 Å². The van der Waals surface area contributed by atoms with Gasteiger partial charge in [-0.25, -0.2) is 0 Å². The molecule has 3 rings (SSSR count). The first-order valence-electron chi connectivity index (χ1n) is 7.24. The van der Waals surface area contributed by atoms with Crippen LogP contribution >= 0.6 is 11.6 Å². The molecule has 0 radical (unpaired) electrons. The molecule has 1 aliphatic rings. The van der Waals surface area contributed by atoms with E-state index in [0.29, 0.717) is 24.7 Å². The SMILES string of the molecule is Nc1ccc(N2CCN(Cc3cccc(Cl)c3)C(=O)C2)cc1. The van der Waals surface area contributed by atoms with Gasteiger partial charge < -0.3 is 15.5 Å². The first kappa shape index (κ1) is 14.7. The standard InChI is InChI=1S/C17H18ClN3O/c18-14-3-1-2-13(10-14)11-21-9-8-20(12-17(21)22)16-6-4-15(19)5-7-16/h1-7,10H,8-9,11-12,19H2. The average molecular weight is 316 g/mol. The van der Waals surface area contributed by atoms with Crippen LogP contribution in [0.1, 0.15) is 5.56 Å². The van der Waals surface area contributed by atoms with E-state index in [1.165, 1.54) is 0 Å². The van der Waals surface area contributed by atoms with Crippen molar-refractivity contribution in [3.63, 3.8) is 0 Å². The van der Waals surface area contributed by atoms with E-state index in [0.717, 1.165) is 23.5 Å². The summed E-state index contributed by atoms with van der Waals surface area (Å²) in [7, 11) is 0. The predicted octanol–water partition coefficient (Wildman–Crippen LogP) is 2.77. The van der Waals surface area contributed by atoms with Crippen LogP contribution in [0.4, 0.5) is 11.4 Å². The van der Waals surface area contributed by atoms with E-state index in [4.69, 9.17) is 17.3 Å². The number of nitrogens with zero attached hydrogens (tertiary/aromatic N) is 2. The molecule has 0 unspecified atom stereocenters. The first-order valence-corrected chi connectivity index (χ1v) is 7.62. The van der Waals surface area contributed by atoms with Crippen molar-refractivity contribution in [3.05, 3.63) is 59.1 Å². The largest absolute Gasteiger partial charge is 0.399 e. The molecule has 1 heterocycles. The van der Waals surface area contributed by atoms with Gasteiger partial charge in [0, 0.05) is 36.0 Å². The van der Waals surface area contributed by atoms with Crippen LogP contribution in [0.15, 0.2) is 48.5 Å². The number of hydrogen-bond donors (Lipinski definition) is 1. The fourth-order valence-electron chi connectivity index (χ4n) is 2.64. The van der Waals surface area contributed by atoms with Crippen molar-refractivity contribution in [2.45, 2.75) is 6.54 Å². The summed E-state index contributed by atoms with van der Waals surface area (Å²) in [4.78, 5) is 16.3. The van der Waals surface area contributed by atoms with Crippen molar-refractivity contribution >= 4 is 28.9 Å². The Morgan fingerprint density at radius 3 is 2.55 bits per heavy atom. The van der Waals surface area contributed by atoms with E-state index in [9.17, 15) is 4.79 Å². The van der Waals surface area contributed by atoms with E-state index in [2.05, 4.69) is 4.90 Å². The highest BCUT2D eigenvalue weighted by Crippen LogP contribution is 2.20.